The molecular formula is C25H21N3O4. The predicted octanol–water partition coefficient (Wildman–Crippen LogP) is 4.19. The van der Waals surface area contributed by atoms with Crippen molar-refractivity contribution < 1.29 is 19.5 Å². The highest BCUT2D eigenvalue weighted by Gasteiger charge is 2.25. The second-order valence-corrected chi connectivity index (χ2v) is 7.48. The molecule has 2 aromatic carbocycles. The van der Waals surface area contributed by atoms with E-state index in [1.807, 2.05) is 48.5 Å². The van der Waals surface area contributed by atoms with Gasteiger partial charge in [-0.2, -0.15) is 0 Å². The van der Waals surface area contributed by atoms with Crippen LogP contribution in [-0.4, -0.2) is 41.3 Å². The lowest BCUT2D eigenvalue weighted by atomic mass is 10.0. The first-order chi connectivity index (χ1) is 15.4. The number of hydrogen-bond acceptors (Lipinski definition) is 4. The SMILES string of the molecule is CN(C)c1ccc(NC(=O)C(=O)c2c(-c3ccccc3)cc3ccccn23)cc1C(=O)O. The van der Waals surface area contributed by atoms with Gasteiger partial charge in [0.1, 0.15) is 5.69 Å². The number of nitrogens with zero attached hydrogens (tertiary/aromatic N) is 2. The molecule has 1 amide bonds. The van der Waals surface area contributed by atoms with Gasteiger partial charge in [-0.05, 0) is 42.0 Å². The van der Waals surface area contributed by atoms with Gasteiger partial charge in [-0.3, -0.25) is 9.59 Å². The maximum atomic E-state index is 13.3. The van der Waals surface area contributed by atoms with E-state index < -0.39 is 17.7 Å². The number of ketones is 1. The van der Waals surface area contributed by atoms with Crippen LogP contribution in [0.5, 0.6) is 0 Å². The molecule has 32 heavy (non-hydrogen) atoms. The molecule has 0 aliphatic carbocycles. The Kier molecular flexibility index (Phi) is 5.47. The minimum Gasteiger partial charge on any atom is -0.478 e. The summed E-state index contributed by atoms with van der Waals surface area (Å²) >= 11 is 0. The number of pyridine rings is 1. The number of Topliss-reactive ketones (excluding diaryl/α,β-unsaturated/α-hetero) is 1. The van der Waals surface area contributed by atoms with Gasteiger partial charge in [0.25, 0.3) is 11.7 Å². The highest BCUT2D eigenvalue weighted by molar-refractivity contribution is 6.47. The van der Waals surface area contributed by atoms with Crippen molar-refractivity contribution >= 4 is 34.6 Å². The number of hydrogen-bond donors (Lipinski definition) is 2. The van der Waals surface area contributed by atoms with Crippen molar-refractivity contribution in [3.63, 3.8) is 0 Å². The number of amides is 1. The largest absolute Gasteiger partial charge is 0.478 e. The van der Waals surface area contributed by atoms with Crippen molar-refractivity contribution in [3.8, 4) is 11.1 Å². The minimum absolute atomic E-state index is 0.0263. The van der Waals surface area contributed by atoms with Crippen molar-refractivity contribution in [2.24, 2.45) is 0 Å². The molecule has 0 radical (unpaired) electrons. The normalized spacial score (nSPS) is 10.7. The number of carbonyl (C=O) groups excluding carboxylic acids is 2. The number of rotatable bonds is 6. The van der Waals surface area contributed by atoms with Crippen LogP contribution in [-0.2, 0) is 4.79 Å². The Morgan fingerprint density at radius 3 is 2.31 bits per heavy atom. The zero-order chi connectivity index (χ0) is 22.8. The van der Waals surface area contributed by atoms with Gasteiger partial charge in [0.2, 0.25) is 0 Å². The lowest BCUT2D eigenvalue weighted by molar-refractivity contribution is -0.112. The maximum Gasteiger partial charge on any atom is 0.337 e. The molecule has 4 aromatic rings. The average molecular weight is 427 g/mol. The maximum absolute atomic E-state index is 13.3. The predicted molar refractivity (Wildman–Crippen MR) is 124 cm³/mol. The molecule has 0 atom stereocenters. The van der Waals surface area contributed by atoms with E-state index in [9.17, 15) is 19.5 Å². The van der Waals surface area contributed by atoms with Gasteiger partial charge in [-0.1, -0.05) is 36.4 Å². The number of nitrogens with one attached hydrogen (secondary N) is 1. The van der Waals surface area contributed by atoms with Crippen molar-refractivity contribution in [2.45, 2.75) is 0 Å². The number of carboxylic acid groups (broad SMARTS) is 1. The molecule has 0 bridgehead atoms. The van der Waals surface area contributed by atoms with Gasteiger partial charge in [0.15, 0.2) is 0 Å². The summed E-state index contributed by atoms with van der Waals surface area (Å²) in [6.07, 6.45) is 1.73. The third-order valence-electron chi connectivity index (χ3n) is 5.15. The summed E-state index contributed by atoms with van der Waals surface area (Å²) in [4.78, 5) is 39.4. The number of fused-ring (bicyclic) bond motifs is 1. The number of aromatic carboxylic acids is 1. The van der Waals surface area contributed by atoms with Crippen LogP contribution in [0.2, 0.25) is 0 Å². The first-order valence-electron chi connectivity index (χ1n) is 9.92. The molecule has 160 valence electrons. The topological polar surface area (TPSA) is 91.1 Å². The fourth-order valence-electron chi connectivity index (χ4n) is 3.66. The van der Waals surface area contributed by atoms with E-state index in [2.05, 4.69) is 5.32 Å². The molecule has 0 spiro atoms. The zero-order valence-electron chi connectivity index (χ0n) is 17.6. The lowest BCUT2D eigenvalue weighted by Crippen LogP contribution is -2.25. The van der Waals surface area contributed by atoms with E-state index in [0.717, 1.165) is 11.1 Å². The van der Waals surface area contributed by atoms with Gasteiger partial charge < -0.3 is 19.7 Å². The van der Waals surface area contributed by atoms with Crippen molar-refractivity contribution in [3.05, 3.63) is 90.3 Å². The van der Waals surface area contributed by atoms with Crippen LogP contribution in [0.25, 0.3) is 16.6 Å². The van der Waals surface area contributed by atoms with Gasteiger partial charge in [-0.25, -0.2) is 4.79 Å². The second-order valence-electron chi connectivity index (χ2n) is 7.48. The van der Waals surface area contributed by atoms with Crippen LogP contribution < -0.4 is 10.2 Å². The molecule has 0 saturated carbocycles. The number of carboxylic acids is 1. The molecule has 7 heteroatoms. The smallest absolute Gasteiger partial charge is 0.337 e. The number of aromatic nitrogens is 1. The minimum atomic E-state index is -1.12. The van der Waals surface area contributed by atoms with Crippen LogP contribution in [0, 0.1) is 0 Å². The molecule has 0 aliphatic heterocycles. The molecule has 2 aromatic heterocycles. The Morgan fingerprint density at radius 2 is 1.62 bits per heavy atom. The first kappa shape index (κ1) is 20.9. The summed E-state index contributed by atoms with van der Waals surface area (Å²) in [7, 11) is 3.46. The quantitative estimate of drug-likeness (QED) is 0.356. The van der Waals surface area contributed by atoms with Crippen molar-refractivity contribution in [1.29, 1.82) is 0 Å². The lowest BCUT2D eigenvalue weighted by Gasteiger charge is -2.16. The Hall–Kier alpha value is -4.39. The van der Waals surface area contributed by atoms with Crippen LogP contribution >= 0.6 is 0 Å². The third kappa shape index (κ3) is 3.83. The summed E-state index contributed by atoms with van der Waals surface area (Å²) in [5, 5.41) is 12.1. The Labute approximate surface area is 184 Å². The molecule has 0 saturated heterocycles. The summed E-state index contributed by atoms with van der Waals surface area (Å²) in [5.74, 6) is -2.69. The molecule has 2 N–H and O–H groups in total. The zero-order valence-corrected chi connectivity index (χ0v) is 17.6. The molecule has 7 nitrogen and oxygen atoms in total. The van der Waals surface area contributed by atoms with Gasteiger partial charge in [-0.15, -0.1) is 0 Å². The summed E-state index contributed by atoms with van der Waals surface area (Å²) in [5.41, 5.74) is 3.23. The van der Waals surface area contributed by atoms with E-state index in [1.54, 1.807) is 47.8 Å². The van der Waals surface area contributed by atoms with E-state index in [0.29, 0.717) is 11.3 Å². The Balaban J connectivity index is 1.72. The van der Waals surface area contributed by atoms with Gasteiger partial charge in [0, 0.05) is 37.1 Å². The summed E-state index contributed by atoms with van der Waals surface area (Å²) < 4.78 is 1.68. The summed E-state index contributed by atoms with van der Waals surface area (Å²) in [6, 6.07) is 21.2. The number of benzene rings is 2. The summed E-state index contributed by atoms with van der Waals surface area (Å²) in [6.45, 7) is 0. The van der Waals surface area contributed by atoms with Crippen molar-refractivity contribution in [2.75, 3.05) is 24.3 Å². The van der Waals surface area contributed by atoms with Crippen LogP contribution in [0.1, 0.15) is 20.8 Å². The van der Waals surface area contributed by atoms with E-state index in [4.69, 9.17) is 0 Å². The van der Waals surface area contributed by atoms with E-state index >= 15 is 0 Å². The molecule has 2 heterocycles. The number of carbonyl (C=O) groups is 3. The van der Waals surface area contributed by atoms with Crippen LogP contribution in [0.3, 0.4) is 0 Å². The highest BCUT2D eigenvalue weighted by Crippen LogP contribution is 2.29. The van der Waals surface area contributed by atoms with Crippen molar-refractivity contribution in [1.82, 2.24) is 4.40 Å². The molecule has 0 aliphatic rings. The van der Waals surface area contributed by atoms with E-state index in [-0.39, 0.29) is 16.9 Å². The van der Waals surface area contributed by atoms with Gasteiger partial charge in [0.05, 0.1) is 11.3 Å². The fraction of sp³-hybridized carbons (Fsp3) is 0.0800. The van der Waals surface area contributed by atoms with Crippen LogP contribution in [0.4, 0.5) is 11.4 Å². The number of anilines is 2. The molecule has 4 rings (SSSR count). The van der Waals surface area contributed by atoms with Crippen LogP contribution in [0.15, 0.2) is 79.0 Å². The molecular weight excluding hydrogens is 406 g/mol. The van der Waals surface area contributed by atoms with Gasteiger partial charge >= 0.3 is 5.97 Å². The average Bonchev–Trinajstić information content (AvgIpc) is 3.18. The second kappa shape index (κ2) is 8.39. The first-order valence-corrected chi connectivity index (χ1v) is 9.92. The van der Waals surface area contributed by atoms with E-state index in [1.165, 1.54) is 6.07 Å². The monoisotopic (exact) mass is 427 g/mol. The Bertz CT molecular complexity index is 1340. The Morgan fingerprint density at radius 1 is 0.906 bits per heavy atom. The molecule has 0 unspecified atom stereocenters. The standard InChI is InChI=1S/C25H21N3O4/c1-27(2)21-12-11-17(14-20(21)25(31)32)26-24(30)23(29)22-19(16-8-4-3-5-9-16)15-18-10-6-7-13-28(18)22/h3-15H,1-2H3,(H,26,30)(H,31,32). The fourth-order valence-corrected chi connectivity index (χ4v) is 3.66. The molecule has 0 fully saturated rings. The highest BCUT2D eigenvalue weighted by atomic mass is 16.4. The third-order valence-corrected chi connectivity index (χ3v) is 5.15.